The lowest BCUT2D eigenvalue weighted by atomic mass is 10.0. The van der Waals surface area contributed by atoms with Crippen LogP contribution < -0.4 is 4.90 Å². The third-order valence-electron chi connectivity index (χ3n) is 3.48. The Morgan fingerprint density at radius 2 is 1.95 bits per heavy atom. The van der Waals surface area contributed by atoms with Gasteiger partial charge in [0.15, 0.2) is 5.69 Å². The van der Waals surface area contributed by atoms with Gasteiger partial charge in [0.25, 0.3) is 0 Å². The molecule has 0 saturated heterocycles. The molecule has 5 heteroatoms. The average Bonchev–Trinajstić information content (AvgIpc) is 2.56. The molecule has 0 aliphatic carbocycles. The molecule has 0 atom stereocenters. The molecule has 5 nitrogen and oxygen atoms in total. The fraction of sp³-hybridized carbons (Fsp3) is 0.188. The second-order valence-electron chi connectivity index (χ2n) is 4.87. The van der Waals surface area contributed by atoms with E-state index in [1.165, 1.54) is 23.5 Å². The van der Waals surface area contributed by atoms with Crippen LogP contribution in [-0.2, 0) is 0 Å². The molecule has 1 aromatic carbocycles. The van der Waals surface area contributed by atoms with Crippen LogP contribution in [0.1, 0.15) is 22.5 Å². The zero-order valence-electron chi connectivity index (χ0n) is 11.4. The molecular weight excluding hydrogens is 266 g/mol. The fourth-order valence-corrected chi connectivity index (χ4v) is 2.40. The normalized spacial score (nSPS) is 14.7. The van der Waals surface area contributed by atoms with Crippen LogP contribution in [0, 0.1) is 0 Å². The molecule has 21 heavy (non-hydrogen) atoms. The highest BCUT2D eigenvalue weighted by Gasteiger charge is 2.16. The van der Waals surface area contributed by atoms with Crippen molar-refractivity contribution in [2.75, 3.05) is 18.0 Å². The van der Waals surface area contributed by atoms with Gasteiger partial charge < -0.3 is 10.0 Å². The van der Waals surface area contributed by atoms with Crippen LogP contribution in [0.5, 0.6) is 0 Å². The summed E-state index contributed by atoms with van der Waals surface area (Å²) in [6.45, 7) is 1.61. The summed E-state index contributed by atoms with van der Waals surface area (Å²) in [5.74, 6) is -0.348. The molecule has 0 saturated carbocycles. The van der Waals surface area contributed by atoms with Crippen LogP contribution in [0.3, 0.4) is 0 Å². The van der Waals surface area contributed by atoms with Crippen molar-refractivity contribution in [2.45, 2.75) is 6.42 Å². The first-order valence-electron chi connectivity index (χ1n) is 6.79. The Bertz CT molecular complexity index is 666. The van der Waals surface area contributed by atoms with Gasteiger partial charge in [-0.25, -0.2) is 14.8 Å². The quantitative estimate of drug-likeness (QED) is 0.936. The maximum Gasteiger partial charge on any atom is 0.356 e. The van der Waals surface area contributed by atoms with Crippen molar-refractivity contribution < 1.29 is 9.90 Å². The molecule has 1 aliphatic rings. The van der Waals surface area contributed by atoms with Crippen molar-refractivity contribution in [1.82, 2.24) is 9.97 Å². The summed E-state index contributed by atoms with van der Waals surface area (Å²) < 4.78 is 0. The van der Waals surface area contributed by atoms with E-state index in [1.54, 1.807) is 0 Å². The van der Waals surface area contributed by atoms with Gasteiger partial charge in [-0.3, -0.25) is 0 Å². The summed E-state index contributed by atoms with van der Waals surface area (Å²) in [7, 11) is 0. The van der Waals surface area contributed by atoms with E-state index < -0.39 is 5.97 Å². The number of aromatic carboxylic acids is 1. The Kier molecular flexibility index (Phi) is 3.64. The number of rotatable bonds is 3. The van der Waals surface area contributed by atoms with Crippen LogP contribution in [0.2, 0.25) is 0 Å². The molecule has 0 amide bonds. The Hall–Kier alpha value is -2.69. The lowest BCUT2D eigenvalue weighted by molar-refractivity contribution is 0.0690. The third-order valence-corrected chi connectivity index (χ3v) is 3.48. The number of carboxylic acid groups (broad SMARTS) is 1. The molecule has 3 rings (SSSR count). The predicted molar refractivity (Wildman–Crippen MR) is 80.2 cm³/mol. The molecule has 1 aromatic heterocycles. The van der Waals surface area contributed by atoms with Gasteiger partial charge in [0.2, 0.25) is 0 Å². The molecule has 0 unspecified atom stereocenters. The number of nitrogens with zero attached hydrogens (tertiary/aromatic N) is 3. The van der Waals surface area contributed by atoms with Crippen LogP contribution in [0.4, 0.5) is 5.82 Å². The second-order valence-corrected chi connectivity index (χ2v) is 4.87. The first-order chi connectivity index (χ1) is 10.2. The standard InChI is InChI=1S/C16H15N3O2/c20-16(21)14-9-18-15(10-17-14)19-8-4-7-13(11-19)12-5-2-1-3-6-12/h1-3,5-7,9-10H,4,8,11H2,(H,20,21). The van der Waals surface area contributed by atoms with E-state index in [-0.39, 0.29) is 5.69 Å². The molecule has 1 N–H and O–H groups in total. The van der Waals surface area contributed by atoms with E-state index in [0.717, 1.165) is 19.5 Å². The highest BCUT2D eigenvalue weighted by Crippen LogP contribution is 2.23. The van der Waals surface area contributed by atoms with Gasteiger partial charge in [0, 0.05) is 13.1 Å². The molecule has 0 spiro atoms. The summed E-state index contributed by atoms with van der Waals surface area (Å²) in [5.41, 5.74) is 2.43. The molecule has 2 aromatic rings. The van der Waals surface area contributed by atoms with Crippen LogP contribution >= 0.6 is 0 Å². The Labute approximate surface area is 122 Å². The van der Waals surface area contributed by atoms with E-state index in [1.807, 2.05) is 18.2 Å². The highest BCUT2D eigenvalue weighted by molar-refractivity contribution is 5.85. The maximum atomic E-state index is 10.8. The van der Waals surface area contributed by atoms with Crippen molar-refractivity contribution in [3.63, 3.8) is 0 Å². The van der Waals surface area contributed by atoms with E-state index >= 15 is 0 Å². The largest absolute Gasteiger partial charge is 0.476 e. The zero-order chi connectivity index (χ0) is 14.7. The molecule has 0 fully saturated rings. The number of benzene rings is 1. The van der Waals surface area contributed by atoms with Crippen LogP contribution in [0.15, 0.2) is 48.8 Å². The molecule has 106 valence electrons. The van der Waals surface area contributed by atoms with Gasteiger partial charge in [-0.2, -0.15) is 0 Å². The predicted octanol–water partition coefficient (Wildman–Crippen LogP) is 2.47. The van der Waals surface area contributed by atoms with Gasteiger partial charge in [-0.1, -0.05) is 36.4 Å². The molecule has 0 bridgehead atoms. The van der Waals surface area contributed by atoms with Crippen molar-refractivity contribution in [1.29, 1.82) is 0 Å². The number of aromatic nitrogens is 2. The van der Waals surface area contributed by atoms with Gasteiger partial charge in [0.1, 0.15) is 5.82 Å². The molecule has 2 heterocycles. The summed E-state index contributed by atoms with van der Waals surface area (Å²) in [6, 6.07) is 10.2. The minimum Gasteiger partial charge on any atom is -0.476 e. The average molecular weight is 281 g/mol. The van der Waals surface area contributed by atoms with Crippen molar-refractivity contribution in [2.24, 2.45) is 0 Å². The summed E-state index contributed by atoms with van der Waals surface area (Å²) in [4.78, 5) is 21.0. The Morgan fingerprint density at radius 1 is 1.14 bits per heavy atom. The van der Waals surface area contributed by atoms with Crippen molar-refractivity contribution in [3.8, 4) is 0 Å². The Balaban J connectivity index is 1.79. The maximum absolute atomic E-state index is 10.8. The lowest BCUT2D eigenvalue weighted by Gasteiger charge is -2.28. The van der Waals surface area contributed by atoms with E-state index in [2.05, 4.69) is 33.1 Å². The SMILES string of the molecule is O=C(O)c1cnc(N2CCC=C(c3ccccc3)C2)cn1. The molecule has 0 radical (unpaired) electrons. The number of hydrogen-bond acceptors (Lipinski definition) is 4. The van der Waals surface area contributed by atoms with Gasteiger partial charge in [0.05, 0.1) is 12.4 Å². The highest BCUT2D eigenvalue weighted by atomic mass is 16.4. The summed E-state index contributed by atoms with van der Waals surface area (Å²) in [6.07, 6.45) is 6.01. The summed E-state index contributed by atoms with van der Waals surface area (Å²) in [5, 5.41) is 8.85. The lowest BCUT2D eigenvalue weighted by Crippen LogP contribution is -2.30. The number of carbonyl (C=O) groups is 1. The number of carboxylic acids is 1. The molecule has 1 aliphatic heterocycles. The van der Waals surface area contributed by atoms with E-state index in [9.17, 15) is 4.79 Å². The van der Waals surface area contributed by atoms with Gasteiger partial charge >= 0.3 is 5.97 Å². The monoisotopic (exact) mass is 281 g/mol. The van der Waals surface area contributed by atoms with Crippen molar-refractivity contribution >= 4 is 17.4 Å². The third kappa shape index (κ3) is 2.91. The number of hydrogen-bond donors (Lipinski definition) is 1. The first-order valence-corrected chi connectivity index (χ1v) is 6.79. The van der Waals surface area contributed by atoms with Crippen LogP contribution in [-0.4, -0.2) is 34.1 Å². The van der Waals surface area contributed by atoms with Crippen LogP contribution in [0.25, 0.3) is 5.57 Å². The van der Waals surface area contributed by atoms with E-state index in [0.29, 0.717) is 5.82 Å². The summed E-state index contributed by atoms with van der Waals surface area (Å²) >= 11 is 0. The Morgan fingerprint density at radius 3 is 2.62 bits per heavy atom. The van der Waals surface area contributed by atoms with E-state index in [4.69, 9.17) is 5.11 Å². The molecular formula is C16H15N3O2. The minimum atomic E-state index is -1.06. The smallest absolute Gasteiger partial charge is 0.356 e. The van der Waals surface area contributed by atoms with Gasteiger partial charge in [-0.05, 0) is 17.6 Å². The second kappa shape index (κ2) is 5.75. The minimum absolute atomic E-state index is 0.0328. The zero-order valence-corrected chi connectivity index (χ0v) is 11.4. The first kappa shape index (κ1) is 13.3. The van der Waals surface area contributed by atoms with Gasteiger partial charge in [-0.15, -0.1) is 0 Å². The number of anilines is 1. The van der Waals surface area contributed by atoms with Crippen molar-refractivity contribution in [3.05, 3.63) is 60.1 Å². The fourth-order valence-electron chi connectivity index (χ4n) is 2.40. The topological polar surface area (TPSA) is 66.3 Å².